The van der Waals surface area contributed by atoms with E-state index in [9.17, 15) is 5.11 Å². The number of aliphatic hydroxyl groups is 1. The molecule has 1 aliphatic rings. The van der Waals surface area contributed by atoms with Crippen molar-refractivity contribution in [3.8, 4) is 0 Å². The molecule has 0 atom stereocenters. The predicted molar refractivity (Wildman–Crippen MR) is 51.5 cm³/mol. The zero-order chi connectivity index (χ0) is 9.10. The van der Waals surface area contributed by atoms with Crippen LogP contribution in [-0.2, 0) is 0 Å². The molecule has 1 aliphatic carbocycles. The molecule has 2 heteroatoms. The molecule has 0 bridgehead atoms. The topological polar surface area (TPSA) is 33.1 Å². The lowest BCUT2D eigenvalue weighted by Crippen LogP contribution is -2.16. The lowest BCUT2D eigenvalue weighted by Gasteiger charge is -2.25. The largest absolute Gasteiger partial charge is 0.393 e. The average Bonchev–Trinajstić information content (AvgIpc) is 2.20. The number of aliphatic hydroxyl groups excluding tert-OH is 1. The first kappa shape index (κ1) is 8.70. The normalized spacial score (nSPS) is 28.7. The molecule has 2 rings (SSSR count). The number of nitrogens with zero attached hydrogens (tertiary/aromatic N) is 1. The predicted octanol–water partition coefficient (Wildman–Crippen LogP) is 2.10. The minimum atomic E-state index is -0.0573. The molecule has 0 aliphatic heterocycles. The third kappa shape index (κ3) is 2.07. The molecule has 0 saturated heterocycles. The fourth-order valence-electron chi connectivity index (χ4n) is 2.04. The van der Waals surface area contributed by atoms with Crippen LogP contribution in [0.5, 0.6) is 0 Å². The fraction of sp³-hybridized carbons (Fsp3) is 0.545. The van der Waals surface area contributed by atoms with Gasteiger partial charge in [-0.15, -0.1) is 0 Å². The monoisotopic (exact) mass is 177 g/mol. The van der Waals surface area contributed by atoms with Crippen molar-refractivity contribution in [2.45, 2.75) is 37.7 Å². The zero-order valence-electron chi connectivity index (χ0n) is 7.69. The molecule has 1 saturated carbocycles. The lowest BCUT2D eigenvalue weighted by atomic mass is 9.83. The van der Waals surface area contributed by atoms with Gasteiger partial charge in [0.15, 0.2) is 0 Å². The maximum absolute atomic E-state index is 9.36. The summed E-state index contributed by atoms with van der Waals surface area (Å²) < 4.78 is 0. The second-order valence-corrected chi connectivity index (χ2v) is 3.79. The summed E-state index contributed by atoms with van der Waals surface area (Å²) in [6.45, 7) is 0. The van der Waals surface area contributed by atoms with E-state index in [0.29, 0.717) is 5.92 Å². The van der Waals surface area contributed by atoms with Crippen molar-refractivity contribution >= 4 is 0 Å². The van der Waals surface area contributed by atoms with Gasteiger partial charge in [0.05, 0.1) is 6.10 Å². The Hall–Kier alpha value is -0.890. The van der Waals surface area contributed by atoms with E-state index in [1.165, 1.54) is 5.56 Å². The van der Waals surface area contributed by atoms with Crippen molar-refractivity contribution in [3.05, 3.63) is 30.1 Å². The summed E-state index contributed by atoms with van der Waals surface area (Å²) in [5.41, 5.74) is 1.38. The standard InChI is InChI=1S/C11H15NO/c13-11-3-1-9(2-4-11)10-5-7-12-8-6-10/h5-9,11,13H,1-4H2. The van der Waals surface area contributed by atoms with Gasteiger partial charge in [-0.3, -0.25) is 4.98 Å². The lowest BCUT2D eigenvalue weighted by molar-refractivity contribution is 0.122. The summed E-state index contributed by atoms with van der Waals surface area (Å²) in [6, 6.07) is 4.17. The first-order chi connectivity index (χ1) is 6.36. The number of hydrogen-bond acceptors (Lipinski definition) is 2. The van der Waals surface area contributed by atoms with Gasteiger partial charge in [0.1, 0.15) is 0 Å². The molecule has 1 aromatic heterocycles. The zero-order valence-corrected chi connectivity index (χ0v) is 7.69. The van der Waals surface area contributed by atoms with E-state index in [1.807, 2.05) is 12.4 Å². The van der Waals surface area contributed by atoms with Crippen LogP contribution in [0.2, 0.25) is 0 Å². The highest BCUT2D eigenvalue weighted by molar-refractivity contribution is 5.16. The molecule has 2 nitrogen and oxygen atoms in total. The Morgan fingerprint density at radius 1 is 1.08 bits per heavy atom. The SMILES string of the molecule is OC1CCC(c2ccncc2)CC1. The Labute approximate surface area is 78.6 Å². The number of pyridine rings is 1. The van der Waals surface area contributed by atoms with Crippen LogP contribution in [0.25, 0.3) is 0 Å². The van der Waals surface area contributed by atoms with Gasteiger partial charge in [0.2, 0.25) is 0 Å². The van der Waals surface area contributed by atoms with Crippen LogP contribution in [0.3, 0.4) is 0 Å². The third-order valence-electron chi connectivity index (χ3n) is 2.87. The second kappa shape index (κ2) is 3.88. The van der Waals surface area contributed by atoms with E-state index < -0.39 is 0 Å². The Morgan fingerprint density at radius 2 is 1.69 bits per heavy atom. The number of rotatable bonds is 1. The van der Waals surface area contributed by atoms with Crippen LogP contribution in [0, 0.1) is 0 Å². The summed E-state index contributed by atoms with van der Waals surface area (Å²) in [6.07, 6.45) is 7.77. The van der Waals surface area contributed by atoms with Crippen molar-refractivity contribution < 1.29 is 5.11 Å². The van der Waals surface area contributed by atoms with Gasteiger partial charge in [0.25, 0.3) is 0 Å². The van der Waals surface area contributed by atoms with Crippen molar-refractivity contribution in [2.75, 3.05) is 0 Å². The van der Waals surface area contributed by atoms with Gasteiger partial charge < -0.3 is 5.11 Å². The summed E-state index contributed by atoms with van der Waals surface area (Å²) in [7, 11) is 0. The maximum Gasteiger partial charge on any atom is 0.0540 e. The van der Waals surface area contributed by atoms with E-state index in [2.05, 4.69) is 17.1 Å². The third-order valence-corrected chi connectivity index (χ3v) is 2.87. The molecule has 0 radical (unpaired) electrons. The quantitative estimate of drug-likeness (QED) is 0.712. The van der Waals surface area contributed by atoms with Crippen molar-refractivity contribution in [1.82, 2.24) is 4.98 Å². The average molecular weight is 177 g/mol. The maximum atomic E-state index is 9.36. The first-order valence-electron chi connectivity index (χ1n) is 4.94. The van der Waals surface area contributed by atoms with Crippen LogP contribution in [0.4, 0.5) is 0 Å². The van der Waals surface area contributed by atoms with E-state index in [4.69, 9.17) is 0 Å². The van der Waals surface area contributed by atoms with E-state index in [0.717, 1.165) is 25.7 Å². The molecule has 0 amide bonds. The van der Waals surface area contributed by atoms with Crippen molar-refractivity contribution in [3.63, 3.8) is 0 Å². The van der Waals surface area contributed by atoms with Gasteiger partial charge in [-0.05, 0) is 49.3 Å². The minimum absolute atomic E-state index is 0.0573. The Morgan fingerprint density at radius 3 is 2.31 bits per heavy atom. The van der Waals surface area contributed by atoms with Gasteiger partial charge in [-0.1, -0.05) is 0 Å². The smallest absolute Gasteiger partial charge is 0.0540 e. The molecule has 1 aromatic rings. The molecule has 0 spiro atoms. The summed E-state index contributed by atoms with van der Waals surface area (Å²) >= 11 is 0. The van der Waals surface area contributed by atoms with Crippen LogP contribution in [0.1, 0.15) is 37.2 Å². The molecule has 0 unspecified atom stereocenters. The van der Waals surface area contributed by atoms with Gasteiger partial charge in [-0.2, -0.15) is 0 Å². The molecular weight excluding hydrogens is 162 g/mol. The molecule has 13 heavy (non-hydrogen) atoms. The van der Waals surface area contributed by atoms with Crippen molar-refractivity contribution in [2.24, 2.45) is 0 Å². The second-order valence-electron chi connectivity index (χ2n) is 3.79. The molecule has 1 heterocycles. The minimum Gasteiger partial charge on any atom is -0.393 e. The highest BCUT2D eigenvalue weighted by atomic mass is 16.3. The Bertz CT molecular complexity index is 252. The first-order valence-corrected chi connectivity index (χ1v) is 4.94. The van der Waals surface area contributed by atoms with Crippen molar-refractivity contribution in [1.29, 1.82) is 0 Å². The molecule has 70 valence electrons. The molecule has 1 fully saturated rings. The number of hydrogen-bond donors (Lipinski definition) is 1. The summed E-state index contributed by atoms with van der Waals surface area (Å²) in [4.78, 5) is 4.01. The van der Waals surface area contributed by atoms with E-state index in [1.54, 1.807) is 0 Å². The molecular formula is C11H15NO. The van der Waals surface area contributed by atoms with Crippen LogP contribution in [0.15, 0.2) is 24.5 Å². The van der Waals surface area contributed by atoms with Crippen LogP contribution >= 0.6 is 0 Å². The van der Waals surface area contributed by atoms with Gasteiger partial charge >= 0.3 is 0 Å². The summed E-state index contributed by atoms with van der Waals surface area (Å²) in [5, 5.41) is 9.36. The Kier molecular flexibility index (Phi) is 2.60. The highest BCUT2D eigenvalue weighted by Crippen LogP contribution is 2.32. The fourth-order valence-corrected chi connectivity index (χ4v) is 2.04. The molecule has 0 aromatic carbocycles. The van der Waals surface area contributed by atoms with Crippen LogP contribution in [-0.4, -0.2) is 16.2 Å². The van der Waals surface area contributed by atoms with Gasteiger partial charge in [-0.25, -0.2) is 0 Å². The number of aromatic nitrogens is 1. The van der Waals surface area contributed by atoms with Gasteiger partial charge in [0, 0.05) is 12.4 Å². The van der Waals surface area contributed by atoms with Crippen LogP contribution < -0.4 is 0 Å². The highest BCUT2D eigenvalue weighted by Gasteiger charge is 2.20. The molecule has 1 N–H and O–H groups in total. The summed E-state index contributed by atoms with van der Waals surface area (Å²) in [5.74, 6) is 0.645. The van der Waals surface area contributed by atoms with E-state index >= 15 is 0 Å². The van der Waals surface area contributed by atoms with E-state index in [-0.39, 0.29) is 6.10 Å². The Balaban J connectivity index is 2.03.